The lowest BCUT2D eigenvalue weighted by Gasteiger charge is -2.09. The van der Waals surface area contributed by atoms with E-state index in [0.29, 0.717) is 31.7 Å². The fourth-order valence-corrected chi connectivity index (χ4v) is 1.97. The van der Waals surface area contributed by atoms with Gasteiger partial charge in [0.2, 0.25) is 0 Å². The minimum absolute atomic E-state index is 0.373. The lowest BCUT2D eigenvalue weighted by molar-refractivity contribution is 0.0447. The molecule has 1 atom stereocenters. The molecule has 0 bridgehead atoms. The van der Waals surface area contributed by atoms with E-state index in [-0.39, 0.29) is 0 Å². The van der Waals surface area contributed by atoms with E-state index in [1.807, 2.05) is 11.7 Å². The number of nitrogens with one attached hydrogen (secondary N) is 2. The summed E-state index contributed by atoms with van der Waals surface area (Å²) in [6, 6.07) is 0. The van der Waals surface area contributed by atoms with Gasteiger partial charge in [0.25, 0.3) is 0 Å². The molecular formula is C14H29N5O2S. The lowest BCUT2D eigenvalue weighted by Crippen LogP contribution is -2.25. The Labute approximate surface area is 138 Å². The SMILES string of the molecule is CNCCc1cnnn1CCOCCOCCNCC(C)S. The fourth-order valence-electron chi connectivity index (χ4n) is 1.84. The molecule has 2 N–H and O–H groups in total. The van der Waals surface area contributed by atoms with E-state index in [0.717, 1.165) is 38.3 Å². The van der Waals surface area contributed by atoms with Gasteiger partial charge >= 0.3 is 0 Å². The highest BCUT2D eigenvalue weighted by molar-refractivity contribution is 7.80. The predicted molar refractivity (Wildman–Crippen MR) is 90.6 cm³/mol. The molecule has 1 aromatic heterocycles. The Balaban J connectivity index is 1.94. The summed E-state index contributed by atoms with van der Waals surface area (Å²) in [4.78, 5) is 0. The third-order valence-corrected chi connectivity index (χ3v) is 3.19. The molecule has 0 aliphatic carbocycles. The van der Waals surface area contributed by atoms with Crippen molar-refractivity contribution in [2.75, 3.05) is 53.1 Å². The number of ether oxygens (including phenoxy) is 2. The van der Waals surface area contributed by atoms with Crippen molar-refractivity contribution in [2.45, 2.75) is 25.1 Å². The number of hydrogen-bond donors (Lipinski definition) is 3. The van der Waals surface area contributed by atoms with Crippen molar-refractivity contribution >= 4 is 12.6 Å². The van der Waals surface area contributed by atoms with Crippen molar-refractivity contribution in [3.05, 3.63) is 11.9 Å². The van der Waals surface area contributed by atoms with Crippen LogP contribution in [0.15, 0.2) is 6.20 Å². The van der Waals surface area contributed by atoms with Crippen molar-refractivity contribution in [3.63, 3.8) is 0 Å². The molecule has 0 aliphatic heterocycles. The maximum absolute atomic E-state index is 5.55. The normalized spacial score (nSPS) is 12.7. The number of hydrogen-bond acceptors (Lipinski definition) is 7. The Hall–Kier alpha value is -0.670. The summed E-state index contributed by atoms with van der Waals surface area (Å²) in [5, 5.41) is 14.8. The van der Waals surface area contributed by atoms with Gasteiger partial charge in [-0.25, -0.2) is 4.68 Å². The molecule has 0 amide bonds. The van der Waals surface area contributed by atoms with Crippen LogP contribution in [0.5, 0.6) is 0 Å². The summed E-state index contributed by atoms with van der Waals surface area (Å²) in [7, 11) is 1.94. The zero-order chi connectivity index (χ0) is 16.0. The van der Waals surface area contributed by atoms with Gasteiger partial charge in [0, 0.05) is 31.3 Å². The van der Waals surface area contributed by atoms with Gasteiger partial charge < -0.3 is 20.1 Å². The monoisotopic (exact) mass is 331 g/mol. The smallest absolute Gasteiger partial charge is 0.0725 e. The van der Waals surface area contributed by atoms with E-state index < -0.39 is 0 Å². The van der Waals surface area contributed by atoms with Gasteiger partial charge in [-0.3, -0.25) is 0 Å². The first-order chi connectivity index (χ1) is 10.7. The van der Waals surface area contributed by atoms with Gasteiger partial charge in [0.1, 0.15) is 0 Å². The summed E-state index contributed by atoms with van der Waals surface area (Å²) in [6.45, 7) is 7.98. The molecule has 0 fully saturated rings. The van der Waals surface area contributed by atoms with Crippen LogP contribution >= 0.6 is 12.6 Å². The Morgan fingerprint density at radius 3 is 2.73 bits per heavy atom. The molecule has 0 spiro atoms. The van der Waals surface area contributed by atoms with Gasteiger partial charge in [-0.1, -0.05) is 12.1 Å². The summed E-state index contributed by atoms with van der Waals surface area (Å²) in [6.07, 6.45) is 2.73. The predicted octanol–water partition coefficient (Wildman–Crippen LogP) is -0.0189. The molecule has 1 heterocycles. The minimum Gasteiger partial charge on any atom is -0.378 e. The molecule has 0 saturated heterocycles. The average Bonchev–Trinajstić information content (AvgIpc) is 2.94. The molecule has 0 aliphatic rings. The van der Waals surface area contributed by atoms with Gasteiger partial charge in [-0.15, -0.1) is 5.10 Å². The molecule has 8 heteroatoms. The molecule has 0 radical (unpaired) electrons. The van der Waals surface area contributed by atoms with Crippen LogP contribution < -0.4 is 10.6 Å². The van der Waals surface area contributed by atoms with E-state index in [4.69, 9.17) is 9.47 Å². The molecule has 1 unspecified atom stereocenters. The van der Waals surface area contributed by atoms with Crippen LogP contribution in [0, 0.1) is 0 Å². The summed E-state index contributed by atoms with van der Waals surface area (Å²) < 4.78 is 12.9. The molecule has 128 valence electrons. The molecule has 0 saturated carbocycles. The van der Waals surface area contributed by atoms with Crippen LogP contribution in [0.25, 0.3) is 0 Å². The van der Waals surface area contributed by atoms with Crippen molar-refractivity contribution in [1.29, 1.82) is 0 Å². The quantitative estimate of drug-likeness (QED) is 0.329. The van der Waals surface area contributed by atoms with Crippen LogP contribution in [-0.2, 0) is 22.4 Å². The standard InChI is InChI=1S/C14H29N5O2S/c1-13(22)11-16-5-7-20-9-10-21-8-6-19-14(3-4-15-2)12-17-18-19/h12-13,15-16,22H,3-11H2,1-2H3. The van der Waals surface area contributed by atoms with E-state index in [9.17, 15) is 0 Å². The molecule has 7 nitrogen and oxygen atoms in total. The highest BCUT2D eigenvalue weighted by Gasteiger charge is 2.02. The van der Waals surface area contributed by atoms with E-state index in [1.54, 1.807) is 6.20 Å². The number of thiol groups is 1. The maximum atomic E-state index is 5.55. The van der Waals surface area contributed by atoms with Crippen molar-refractivity contribution in [2.24, 2.45) is 0 Å². The largest absolute Gasteiger partial charge is 0.378 e. The van der Waals surface area contributed by atoms with E-state index in [2.05, 4.69) is 40.5 Å². The zero-order valence-corrected chi connectivity index (χ0v) is 14.5. The Morgan fingerprint density at radius 2 is 2.00 bits per heavy atom. The first-order valence-corrected chi connectivity index (χ1v) is 8.32. The van der Waals surface area contributed by atoms with Gasteiger partial charge in [-0.05, 0) is 7.05 Å². The number of nitrogens with zero attached hydrogens (tertiary/aromatic N) is 3. The molecule has 0 aromatic carbocycles. The summed E-state index contributed by atoms with van der Waals surface area (Å²) in [5.41, 5.74) is 1.12. The van der Waals surface area contributed by atoms with Crippen LogP contribution in [0.4, 0.5) is 0 Å². The molecule has 1 aromatic rings. The number of rotatable bonds is 14. The maximum Gasteiger partial charge on any atom is 0.0725 e. The average molecular weight is 331 g/mol. The molecular weight excluding hydrogens is 302 g/mol. The van der Waals surface area contributed by atoms with Gasteiger partial charge in [-0.2, -0.15) is 12.6 Å². The van der Waals surface area contributed by atoms with Crippen LogP contribution in [-0.4, -0.2) is 73.4 Å². The highest BCUT2D eigenvalue weighted by Crippen LogP contribution is 1.97. The van der Waals surface area contributed by atoms with Crippen molar-refractivity contribution < 1.29 is 9.47 Å². The lowest BCUT2D eigenvalue weighted by atomic mass is 10.3. The second-order valence-electron chi connectivity index (χ2n) is 5.08. The first kappa shape index (κ1) is 19.4. The van der Waals surface area contributed by atoms with E-state index in [1.165, 1.54) is 0 Å². The summed E-state index contributed by atoms with van der Waals surface area (Å²) in [5.74, 6) is 0. The second-order valence-corrected chi connectivity index (χ2v) is 5.96. The molecule has 1 rings (SSSR count). The van der Waals surface area contributed by atoms with Crippen molar-refractivity contribution in [1.82, 2.24) is 25.6 Å². The highest BCUT2D eigenvalue weighted by atomic mass is 32.1. The molecule has 22 heavy (non-hydrogen) atoms. The zero-order valence-electron chi connectivity index (χ0n) is 13.6. The van der Waals surface area contributed by atoms with Crippen LogP contribution in [0.1, 0.15) is 12.6 Å². The fraction of sp³-hybridized carbons (Fsp3) is 0.857. The Bertz CT molecular complexity index is 376. The minimum atomic E-state index is 0.373. The van der Waals surface area contributed by atoms with Gasteiger partial charge in [0.05, 0.1) is 44.9 Å². The second kappa shape index (κ2) is 12.8. The Kier molecular flexibility index (Phi) is 11.3. The Morgan fingerprint density at radius 1 is 1.23 bits per heavy atom. The van der Waals surface area contributed by atoms with E-state index >= 15 is 0 Å². The van der Waals surface area contributed by atoms with Crippen molar-refractivity contribution in [3.8, 4) is 0 Å². The number of likely N-dealkylation sites (N-methyl/N-ethyl adjacent to an activating group) is 1. The third kappa shape index (κ3) is 9.37. The number of aromatic nitrogens is 3. The third-order valence-electron chi connectivity index (χ3n) is 3.01. The first-order valence-electron chi connectivity index (χ1n) is 7.80. The summed E-state index contributed by atoms with van der Waals surface area (Å²) >= 11 is 4.29. The van der Waals surface area contributed by atoms with Crippen LogP contribution in [0.2, 0.25) is 0 Å². The van der Waals surface area contributed by atoms with Gasteiger partial charge in [0.15, 0.2) is 0 Å². The van der Waals surface area contributed by atoms with Crippen LogP contribution in [0.3, 0.4) is 0 Å². The topological polar surface area (TPSA) is 73.2 Å².